The molecule has 1 aliphatic carbocycles. The van der Waals surface area contributed by atoms with Crippen molar-refractivity contribution in [3.63, 3.8) is 0 Å². The number of phenols is 1. The van der Waals surface area contributed by atoms with Crippen molar-refractivity contribution in [3.05, 3.63) is 91.8 Å². The van der Waals surface area contributed by atoms with Crippen LogP contribution in [-0.2, 0) is 15.9 Å². The van der Waals surface area contributed by atoms with E-state index in [4.69, 9.17) is 14.2 Å². The minimum atomic E-state index is -0.919. The number of benzene rings is 1. The van der Waals surface area contributed by atoms with Crippen molar-refractivity contribution in [2.45, 2.75) is 84.5 Å². The van der Waals surface area contributed by atoms with Gasteiger partial charge in [-0.25, -0.2) is 9.59 Å². The van der Waals surface area contributed by atoms with Crippen LogP contribution in [0.2, 0.25) is 0 Å². The number of aromatic nitrogens is 2. The fourth-order valence-corrected chi connectivity index (χ4v) is 5.50. The number of ether oxygens (including phenoxy) is 3. The number of rotatable bonds is 10. The molecule has 9 nitrogen and oxygen atoms in total. The van der Waals surface area contributed by atoms with Crippen LogP contribution >= 0.6 is 0 Å². The summed E-state index contributed by atoms with van der Waals surface area (Å²) in [6, 6.07) is 3.60. The predicted molar refractivity (Wildman–Crippen MR) is 156 cm³/mol. The zero-order chi connectivity index (χ0) is 29.7. The first-order chi connectivity index (χ1) is 19.6. The first-order valence-corrected chi connectivity index (χ1v) is 14.3. The highest BCUT2D eigenvalue weighted by atomic mass is 16.7. The number of H-pyrrole nitrogens is 1. The number of unbranched alkanes of at least 4 members (excludes halogenated alkanes) is 2. The van der Waals surface area contributed by atoms with Gasteiger partial charge in [-0.2, -0.15) is 0 Å². The summed E-state index contributed by atoms with van der Waals surface area (Å²) in [4.78, 5) is 39.0. The lowest BCUT2D eigenvalue weighted by atomic mass is 9.73. The van der Waals surface area contributed by atoms with Crippen molar-refractivity contribution in [2.75, 3.05) is 6.61 Å². The molecule has 41 heavy (non-hydrogen) atoms. The maximum atomic E-state index is 12.9. The summed E-state index contributed by atoms with van der Waals surface area (Å²) in [6.45, 7) is 11.8. The Labute approximate surface area is 240 Å². The zero-order valence-electron chi connectivity index (χ0n) is 24.3. The second-order valence-electron chi connectivity index (χ2n) is 11.1. The third-order valence-electron chi connectivity index (χ3n) is 7.75. The molecule has 2 N–H and O–H groups in total. The van der Waals surface area contributed by atoms with Gasteiger partial charge in [-0.1, -0.05) is 49.6 Å². The summed E-state index contributed by atoms with van der Waals surface area (Å²) in [5, 5.41) is 11.2. The van der Waals surface area contributed by atoms with Crippen LogP contribution in [0, 0.1) is 12.8 Å². The van der Waals surface area contributed by atoms with Gasteiger partial charge >= 0.3 is 11.8 Å². The minimum Gasteiger partial charge on any atom is -0.507 e. The fraction of sp³-hybridized carbons (Fsp3) is 0.469. The molecule has 4 rings (SSSR count). The molecular weight excluding hydrogens is 524 g/mol. The largest absolute Gasteiger partial charge is 0.513 e. The molecule has 0 radical (unpaired) electrons. The molecular formula is C32H40N2O7. The molecule has 0 bridgehead atoms. The number of hydrogen-bond acceptors (Lipinski definition) is 7. The van der Waals surface area contributed by atoms with E-state index in [1.807, 2.05) is 13.0 Å². The van der Waals surface area contributed by atoms with Gasteiger partial charge in [0.25, 0.3) is 5.56 Å². The second-order valence-corrected chi connectivity index (χ2v) is 11.1. The number of allylic oxidation sites excluding steroid dienone is 3. The summed E-state index contributed by atoms with van der Waals surface area (Å²) in [5.41, 5.74) is 2.99. The van der Waals surface area contributed by atoms with Gasteiger partial charge in [0.2, 0.25) is 0 Å². The van der Waals surface area contributed by atoms with Crippen molar-refractivity contribution in [1.29, 1.82) is 0 Å². The van der Waals surface area contributed by atoms with Crippen molar-refractivity contribution in [3.8, 4) is 11.5 Å². The minimum absolute atomic E-state index is 0.0931. The molecule has 1 aromatic heterocycles. The summed E-state index contributed by atoms with van der Waals surface area (Å²) in [6.07, 6.45) is 10.3. The molecule has 0 saturated heterocycles. The maximum Gasteiger partial charge on any atom is 0.513 e. The fourth-order valence-electron chi connectivity index (χ4n) is 5.50. The molecule has 2 heterocycles. The molecule has 0 spiro atoms. The first-order valence-electron chi connectivity index (χ1n) is 14.3. The van der Waals surface area contributed by atoms with Crippen molar-refractivity contribution >= 4 is 6.16 Å². The number of aromatic hydroxyl groups is 1. The maximum absolute atomic E-state index is 12.9. The highest BCUT2D eigenvalue weighted by Gasteiger charge is 2.32. The van der Waals surface area contributed by atoms with Gasteiger partial charge < -0.3 is 19.3 Å². The first kappa shape index (κ1) is 30.1. The molecule has 0 saturated carbocycles. The Kier molecular flexibility index (Phi) is 9.70. The molecule has 1 aromatic carbocycles. The van der Waals surface area contributed by atoms with E-state index in [1.165, 1.54) is 16.3 Å². The highest BCUT2D eigenvalue weighted by Crippen LogP contribution is 2.47. The normalized spacial score (nSPS) is 21.9. The van der Waals surface area contributed by atoms with E-state index in [9.17, 15) is 19.5 Å². The van der Waals surface area contributed by atoms with Crippen LogP contribution in [0.1, 0.15) is 81.7 Å². The molecule has 220 valence electrons. The lowest BCUT2D eigenvalue weighted by molar-refractivity contribution is -0.0213. The van der Waals surface area contributed by atoms with Crippen LogP contribution < -0.4 is 16.0 Å². The van der Waals surface area contributed by atoms with Crippen LogP contribution in [-0.4, -0.2) is 33.5 Å². The Morgan fingerprint density at radius 2 is 2.00 bits per heavy atom. The lowest BCUT2D eigenvalue weighted by Crippen LogP contribution is -2.33. The second kappa shape index (κ2) is 13.2. The van der Waals surface area contributed by atoms with E-state index in [-0.39, 0.29) is 29.9 Å². The zero-order valence-corrected chi connectivity index (χ0v) is 24.3. The van der Waals surface area contributed by atoms with Crippen LogP contribution in [0.15, 0.2) is 63.9 Å². The topological polar surface area (TPSA) is 120 Å². The number of hydrogen-bond donors (Lipinski definition) is 2. The van der Waals surface area contributed by atoms with Gasteiger partial charge in [0.05, 0.1) is 0 Å². The molecule has 2 aromatic rings. The lowest BCUT2D eigenvalue weighted by Gasteiger charge is -2.32. The molecule has 0 amide bonds. The number of nitrogens with zero attached hydrogens (tertiary/aromatic N) is 1. The Balaban J connectivity index is 1.50. The number of carbonyl (C=O) groups excluding carboxylic acids is 1. The molecule has 0 fully saturated rings. The van der Waals surface area contributed by atoms with Gasteiger partial charge in [-0.15, -0.1) is 0 Å². The van der Waals surface area contributed by atoms with E-state index in [2.05, 4.69) is 31.5 Å². The third kappa shape index (κ3) is 7.27. The van der Waals surface area contributed by atoms with Crippen molar-refractivity contribution in [2.24, 2.45) is 5.92 Å². The van der Waals surface area contributed by atoms with Crippen molar-refractivity contribution in [1.82, 2.24) is 9.55 Å². The molecule has 4 atom stereocenters. The molecule has 2 unspecified atom stereocenters. The smallest absolute Gasteiger partial charge is 0.507 e. The van der Waals surface area contributed by atoms with Gasteiger partial charge in [-0.05, 0) is 76.1 Å². The summed E-state index contributed by atoms with van der Waals surface area (Å²) in [5.74, 6) is 0.285. The highest BCUT2D eigenvalue weighted by molar-refractivity contribution is 5.66. The van der Waals surface area contributed by atoms with E-state index >= 15 is 0 Å². The Bertz CT molecular complexity index is 1470. The van der Waals surface area contributed by atoms with Crippen LogP contribution in [0.3, 0.4) is 0 Å². The monoisotopic (exact) mass is 564 g/mol. The van der Waals surface area contributed by atoms with Gasteiger partial charge in [0.15, 0.2) is 6.23 Å². The van der Waals surface area contributed by atoms with Gasteiger partial charge in [-0.3, -0.25) is 14.3 Å². The number of aryl methyl sites for hydroxylation is 2. The van der Waals surface area contributed by atoms with Crippen LogP contribution in [0.4, 0.5) is 4.79 Å². The number of nitrogens with one attached hydrogen (secondary N) is 1. The summed E-state index contributed by atoms with van der Waals surface area (Å²) in [7, 11) is 0. The van der Waals surface area contributed by atoms with E-state index < -0.39 is 29.7 Å². The molecule has 2 aliphatic rings. The standard InChI is InChI=1S/C32H40N2O7/c1-6-7-8-9-22-15-26(35)29(25-14-20(4)10-12-24(25)19(2)3)27(16-22)41-32(38)39-18-23-11-13-28(40-23)34-17-21(5)30(36)33-31(34)37/h11,13-17,23-25,28,35H,2,6-10,12,18H2,1,3-5H3,(H,33,36,37)/t23-,24?,25?,28+/m0/s1. The average Bonchev–Trinajstić information content (AvgIpc) is 3.38. The van der Waals surface area contributed by atoms with E-state index in [0.29, 0.717) is 11.1 Å². The van der Waals surface area contributed by atoms with E-state index in [1.54, 1.807) is 25.1 Å². The predicted octanol–water partition coefficient (Wildman–Crippen LogP) is 5.97. The Morgan fingerprint density at radius 3 is 2.73 bits per heavy atom. The summed E-state index contributed by atoms with van der Waals surface area (Å²) >= 11 is 0. The molecule has 9 heteroatoms. The number of carbonyl (C=O) groups is 1. The number of aromatic amines is 1. The van der Waals surface area contributed by atoms with Gasteiger partial charge in [0.1, 0.15) is 24.2 Å². The SMILES string of the molecule is C=C(C)C1CCC(C)=CC1c1c(O)cc(CCCCC)cc1OC(=O)OC[C@@H]1C=C[C@H](n2cc(C)c(=O)[nH]c2=O)O1. The molecule has 1 aliphatic heterocycles. The Hall–Kier alpha value is -3.85. The summed E-state index contributed by atoms with van der Waals surface area (Å²) < 4.78 is 18.3. The van der Waals surface area contributed by atoms with Crippen LogP contribution in [0.25, 0.3) is 0 Å². The Morgan fingerprint density at radius 1 is 1.22 bits per heavy atom. The quantitative estimate of drug-likeness (QED) is 0.158. The third-order valence-corrected chi connectivity index (χ3v) is 7.75. The average molecular weight is 565 g/mol. The van der Waals surface area contributed by atoms with Gasteiger partial charge in [0, 0.05) is 23.2 Å². The van der Waals surface area contributed by atoms with E-state index in [0.717, 1.165) is 49.7 Å². The van der Waals surface area contributed by atoms with Crippen LogP contribution in [0.5, 0.6) is 11.5 Å². The van der Waals surface area contributed by atoms with Crippen molar-refractivity contribution < 1.29 is 24.1 Å². The number of phenolic OH excluding ortho intramolecular Hbond substituents is 1.